The van der Waals surface area contributed by atoms with Crippen LogP contribution in [0.25, 0.3) is 0 Å². The van der Waals surface area contributed by atoms with Crippen molar-refractivity contribution in [3.63, 3.8) is 0 Å². The third-order valence-corrected chi connectivity index (χ3v) is 2.78. The first-order chi connectivity index (χ1) is 9.08. The molecule has 0 fully saturated rings. The average Bonchev–Trinajstić information content (AvgIpc) is 2.42. The van der Waals surface area contributed by atoms with Crippen molar-refractivity contribution in [3.05, 3.63) is 23.8 Å². The molecule has 0 saturated carbocycles. The summed E-state index contributed by atoms with van der Waals surface area (Å²) >= 11 is 0. The Morgan fingerprint density at radius 2 is 2.16 bits per heavy atom. The Morgan fingerprint density at radius 3 is 2.74 bits per heavy atom. The van der Waals surface area contributed by atoms with Gasteiger partial charge in [0.15, 0.2) is 11.5 Å². The third kappa shape index (κ3) is 4.79. The van der Waals surface area contributed by atoms with Crippen molar-refractivity contribution in [2.45, 2.75) is 20.4 Å². The Morgan fingerprint density at radius 1 is 1.42 bits per heavy atom. The summed E-state index contributed by atoms with van der Waals surface area (Å²) < 4.78 is 10.9. The van der Waals surface area contributed by atoms with Crippen molar-refractivity contribution in [1.29, 1.82) is 0 Å². The molecule has 1 unspecified atom stereocenters. The first-order valence-corrected chi connectivity index (χ1v) is 6.38. The first-order valence-electron chi connectivity index (χ1n) is 6.38. The van der Waals surface area contributed by atoms with Gasteiger partial charge in [0, 0.05) is 6.54 Å². The van der Waals surface area contributed by atoms with E-state index in [-0.39, 0.29) is 18.4 Å². The van der Waals surface area contributed by atoms with E-state index < -0.39 is 0 Å². The lowest BCUT2D eigenvalue weighted by atomic mass is 10.2. The molecule has 1 aromatic rings. The molecule has 5 heteroatoms. The number of carbonyl (C=O) groups excluding carboxylic acids is 1. The van der Waals surface area contributed by atoms with Gasteiger partial charge >= 0.3 is 0 Å². The summed E-state index contributed by atoms with van der Waals surface area (Å²) in [6, 6.07) is 5.74. The van der Waals surface area contributed by atoms with Gasteiger partial charge in [-0.15, -0.1) is 0 Å². The van der Waals surface area contributed by atoms with Crippen molar-refractivity contribution in [1.82, 2.24) is 5.32 Å². The van der Waals surface area contributed by atoms with Crippen molar-refractivity contribution in [3.8, 4) is 11.5 Å². The van der Waals surface area contributed by atoms with Crippen LogP contribution in [0.3, 0.4) is 0 Å². The van der Waals surface area contributed by atoms with E-state index in [0.717, 1.165) is 18.7 Å². The van der Waals surface area contributed by atoms with Crippen LogP contribution in [-0.2, 0) is 11.3 Å². The summed E-state index contributed by atoms with van der Waals surface area (Å²) in [4.78, 5) is 11.0. The van der Waals surface area contributed by atoms with Crippen LogP contribution in [0.1, 0.15) is 19.4 Å². The Hall–Kier alpha value is -1.75. The number of hydrogen-bond donors (Lipinski definition) is 2. The van der Waals surface area contributed by atoms with Crippen LogP contribution in [0.2, 0.25) is 0 Å². The van der Waals surface area contributed by atoms with Crippen LogP contribution in [0.15, 0.2) is 18.2 Å². The molecule has 0 aliphatic heterocycles. The summed E-state index contributed by atoms with van der Waals surface area (Å²) in [6.07, 6.45) is 0. The molecule has 0 aliphatic carbocycles. The molecule has 1 atom stereocenters. The zero-order chi connectivity index (χ0) is 14.3. The highest BCUT2D eigenvalue weighted by molar-refractivity contribution is 5.76. The molecule has 0 bridgehead atoms. The Labute approximate surface area is 114 Å². The summed E-state index contributed by atoms with van der Waals surface area (Å²) in [5, 5.41) is 3.24. The summed E-state index contributed by atoms with van der Waals surface area (Å²) in [5.41, 5.74) is 6.31. The normalized spacial score (nSPS) is 11.9. The van der Waals surface area contributed by atoms with E-state index in [1.54, 1.807) is 14.0 Å². The molecule has 0 radical (unpaired) electrons. The van der Waals surface area contributed by atoms with Gasteiger partial charge in [-0.3, -0.25) is 4.79 Å². The average molecular weight is 266 g/mol. The van der Waals surface area contributed by atoms with Crippen molar-refractivity contribution >= 4 is 5.91 Å². The fourth-order valence-corrected chi connectivity index (χ4v) is 1.51. The van der Waals surface area contributed by atoms with E-state index in [0.29, 0.717) is 11.5 Å². The van der Waals surface area contributed by atoms with Gasteiger partial charge in [0.25, 0.3) is 0 Å². The highest BCUT2D eigenvalue weighted by atomic mass is 16.5. The van der Waals surface area contributed by atoms with E-state index in [9.17, 15) is 4.79 Å². The minimum absolute atomic E-state index is 0.248. The van der Waals surface area contributed by atoms with Gasteiger partial charge in [-0.1, -0.05) is 19.9 Å². The molecule has 1 rings (SSSR count). The summed E-state index contributed by atoms with van der Waals surface area (Å²) in [7, 11) is 1.59. The molecular formula is C14H22N2O3. The number of ether oxygens (including phenoxy) is 2. The number of nitrogens with one attached hydrogen (secondary N) is 1. The second-order valence-corrected chi connectivity index (χ2v) is 4.38. The Kier molecular flexibility index (Phi) is 6.15. The topological polar surface area (TPSA) is 73.6 Å². The smallest absolute Gasteiger partial charge is 0.223 e. The van der Waals surface area contributed by atoms with Crippen LogP contribution in [-0.4, -0.2) is 26.2 Å². The maximum Gasteiger partial charge on any atom is 0.223 e. The molecule has 3 N–H and O–H groups in total. The maximum absolute atomic E-state index is 11.0. The summed E-state index contributed by atoms with van der Waals surface area (Å²) in [6.45, 7) is 5.73. The number of nitrogens with two attached hydrogens (primary N) is 1. The van der Waals surface area contributed by atoms with Gasteiger partial charge in [-0.2, -0.15) is 0 Å². The molecule has 0 saturated heterocycles. The van der Waals surface area contributed by atoms with Crippen LogP contribution >= 0.6 is 0 Å². The van der Waals surface area contributed by atoms with Crippen LogP contribution in [0.5, 0.6) is 11.5 Å². The fraction of sp³-hybridized carbons (Fsp3) is 0.500. The highest BCUT2D eigenvalue weighted by Crippen LogP contribution is 2.28. The molecule has 1 aromatic carbocycles. The van der Waals surface area contributed by atoms with Crippen molar-refractivity contribution in [2.24, 2.45) is 11.7 Å². The monoisotopic (exact) mass is 266 g/mol. The molecule has 5 nitrogen and oxygen atoms in total. The lowest BCUT2D eigenvalue weighted by molar-refractivity contribution is -0.122. The van der Waals surface area contributed by atoms with E-state index in [2.05, 4.69) is 12.2 Å². The molecule has 19 heavy (non-hydrogen) atoms. The Bertz CT molecular complexity index is 421. The molecule has 1 amide bonds. The largest absolute Gasteiger partial charge is 0.493 e. The van der Waals surface area contributed by atoms with Crippen LogP contribution in [0, 0.1) is 5.92 Å². The SMILES string of the molecule is CCNCc1ccc(OCC(C)C(N)=O)c(OC)c1. The van der Waals surface area contributed by atoms with Gasteiger partial charge in [-0.05, 0) is 24.2 Å². The third-order valence-electron chi connectivity index (χ3n) is 2.78. The standard InChI is InChI=1S/C14H22N2O3/c1-4-16-8-11-5-6-12(13(7-11)18-3)19-9-10(2)14(15)17/h5-7,10,16H,4,8-9H2,1-3H3,(H2,15,17). The highest BCUT2D eigenvalue weighted by Gasteiger charge is 2.12. The van der Waals surface area contributed by atoms with Crippen molar-refractivity contribution < 1.29 is 14.3 Å². The lowest BCUT2D eigenvalue weighted by Gasteiger charge is -2.14. The zero-order valence-corrected chi connectivity index (χ0v) is 11.7. The molecule has 0 aliphatic rings. The number of carbonyl (C=O) groups is 1. The predicted molar refractivity (Wildman–Crippen MR) is 74.2 cm³/mol. The van der Waals surface area contributed by atoms with E-state index >= 15 is 0 Å². The van der Waals surface area contributed by atoms with Crippen LogP contribution < -0.4 is 20.5 Å². The minimum Gasteiger partial charge on any atom is -0.493 e. The minimum atomic E-state index is -0.372. The molecule has 0 aromatic heterocycles. The fourth-order valence-electron chi connectivity index (χ4n) is 1.51. The lowest BCUT2D eigenvalue weighted by Crippen LogP contribution is -2.25. The molecule has 0 heterocycles. The molecular weight excluding hydrogens is 244 g/mol. The quantitative estimate of drug-likeness (QED) is 0.744. The number of rotatable bonds is 8. The van der Waals surface area contributed by atoms with E-state index in [1.165, 1.54) is 0 Å². The molecule has 106 valence electrons. The number of amides is 1. The van der Waals surface area contributed by atoms with E-state index in [1.807, 2.05) is 18.2 Å². The first kappa shape index (κ1) is 15.3. The van der Waals surface area contributed by atoms with Gasteiger partial charge < -0.3 is 20.5 Å². The van der Waals surface area contributed by atoms with Gasteiger partial charge in [0.05, 0.1) is 19.6 Å². The predicted octanol–water partition coefficient (Wildman–Crippen LogP) is 1.30. The van der Waals surface area contributed by atoms with Crippen molar-refractivity contribution in [2.75, 3.05) is 20.3 Å². The number of hydrogen-bond acceptors (Lipinski definition) is 4. The number of methoxy groups -OCH3 is 1. The number of primary amides is 1. The maximum atomic E-state index is 11.0. The zero-order valence-electron chi connectivity index (χ0n) is 11.7. The van der Waals surface area contributed by atoms with Gasteiger partial charge in [-0.25, -0.2) is 0 Å². The molecule has 0 spiro atoms. The van der Waals surface area contributed by atoms with Gasteiger partial charge in [0.1, 0.15) is 0 Å². The summed E-state index contributed by atoms with van der Waals surface area (Å²) in [5.74, 6) is 0.580. The second kappa shape index (κ2) is 7.63. The van der Waals surface area contributed by atoms with Crippen LogP contribution in [0.4, 0.5) is 0 Å². The Balaban J connectivity index is 2.70. The van der Waals surface area contributed by atoms with Gasteiger partial charge in [0.2, 0.25) is 5.91 Å². The number of benzene rings is 1. The van der Waals surface area contributed by atoms with E-state index in [4.69, 9.17) is 15.2 Å². The second-order valence-electron chi connectivity index (χ2n) is 4.38.